The monoisotopic (exact) mass is 412 g/mol. The van der Waals surface area contributed by atoms with E-state index in [0.717, 1.165) is 0 Å². The maximum absolute atomic E-state index is 12.2. The molecule has 0 unspecified atom stereocenters. The zero-order chi connectivity index (χ0) is 20.8. The van der Waals surface area contributed by atoms with Crippen LogP contribution in [0, 0.1) is 10.1 Å². The van der Waals surface area contributed by atoms with Crippen LogP contribution in [-0.2, 0) is 4.79 Å². The Labute approximate surface area is 172 Å². The van der Waals surface area contributed by atoms with Crippen molar-refractivity contribution >= 4 is 28.9 Å². The average molecular weight is 413 g/mol. The Bertz CT molecular complexity index is 1040. The first-order chi connectivity index (χ1) is 14.0. The topological polar surface area (TPSA) is 90.7 Å². The van der Waals surface area contributed by atoms with Crippen LogP contribution in [0.5, 0.6) is 11.5 Å². The summed E-state index contributed by atoms with van der Waals surface area (Å²) in [6, 6.07) is 18.0. The van der Waals surface area contributed by atoms with Crippen molar-refractivity contribution in [1.29, 1.82) is 0 Å². The Kier molecular flexibility index (Phi) is 6.31. The molecule has 148 valence electrons. The van der Waals surface area contributed by atoms with Gasteiger partial charge in [0, 0.05) is 17.7 Å². The fourth-order valence-corrected chi connectivity index (χ4v) is 2.83. The SMILES string of the molecule is COc1ccc(-c2cc([N+](=O)[O-])ccc2OCC(=O)Nc2ccccc2Cl)cc1. The smallest absolute Gasteiger partial charge is 0.270 e. The van der Waals surface area contributed by atoms with Crippen LogP contribution in [0.15, 0.2) is 66.7 Å². The molecule has 0 radical (unpaired) electrons. The van der Waals surface area contributed by atoms with Gasteiger partial charge in [0.15, 0.2) is 6.61 Å². The minimum Gasteiger partial charge on any atom is -0.497 e. The number of amides is 1. The Balaban J connectivity index is 1.81. The third-order valence-corrected chi connectivity index (χ3v) is 4.41. The van der Waals surface area contributed by atoms with Gasteiger partial charge in [-0.1, -0.05) is 35.9 Å². The summed E-state index contributed by atoms with van der Waals surface area (Å²) in [6.07, 6.45) is 0. The van der Waals surface area contributed by atoms with E-state index < -0.39 is 10.8 Å². The van der Waals surface area contributed by atoms with E-state index in [1.54, 1.807) is 55.6 Å². The van der Waals surface area contributed by atoms with Gasteiger partial charge in [-0.2, -0.15) is 0 Å². The number of ether oxygens (including phenoxy) is 2. The summed E-state index contributed by atoms with van der Waals surface area (Å²) >= 11 is 6.03. The lowest BCUT2D eigenvalue weighted by molar-refractivity contribution is -0.384. The van der Waals surface area contributed by atoms with Crippen molar-refractivity contribution in [3.63, 3.8) is 0 Å². The van der Waals surface area contributed by atoms with E-state index in [0.29, 0.717) is 33.3 Å². The quantitative estimate of drug-likeness (QED) is 0.438. The van der Waals surface area contributed by atoms with Crippen molar-refractivity contribution in [2.24, 2.45) is 0 Å². The van der Waals surface area contributed by atoms with Crippen molar-refractivity contribution < 1.29 is 19.2 Å². The second-order valence-corrected chi connectivity index (χ2v) is 6.39. The molecule has 29 heavy (non-hydrogen) atoms. The first-order valence-electron chi connectivity index (χ1n) is 8.58. The number of carbonyl (C=O) groups excluding carboxylic acids is 1. The second kappa shape index (κ2) is 9.07. The van der Waals surface area contributed by atoms with Crippen molar-refractivity contribution in [3.05, 3.63) is 81.9 Å². The van der Waals surface area contributed by atoms with E-state index in [1.807, 2.05) is 0 Å². The molecule has 1 N–H and O–H groups in total. The standard InChI is InChI=1S/C21H17ClN2O5/c1-28-16-9-6-14(7-10-16)17-12-15(24(26)27)8-11-20(17)29-13-21(25)23-19-5-3-2-4-18(19)22/h2-12H,13H2,1H3,(H,23,25). The molecule has 0 aliphatic rings. The zero-order valence-corrected chi connectivity index (χ0v) is 16.2. The van der Waals surface area contributed by atoms with Gasteiger partial charge in [0.25, 0.3) is 11.6 Å². The van der Waals surface area contributed by atoms with E-state index in [4.69, 9.17) is 21.1 Å². The number of nitro benzene ring substituents is 1. The number of nitrogens with zero attached hydrogens (tertiary/aromatic N) is 1. The van der Waals surface area contributed by atoms with Crippen LogP contribution < -0.4 is 14.8 Å². The van der Waals surface area contributed by atoms with E-state index in [9.17, 15) is 14.9 Å². The molecule has 0 spiro atoms. The molecule has 8 heteroatoms. The molecular weight excluding hydrogens is 396 g/mol. The number of anilines is 1. The van der Waals surface area contributed by atoms with Crippen LogP contribution >= 0.6 is 11.6 Å². The third kappa shape index (κ3) is 5.03. The molecule has 0 fully saturated rings. The summed E-state index contributed by atoms with van der Waals surface area (Å²) in [6.45, 7) is -0.286. The van der Waals surface area contributed by atoms with Crippen LogP contribution in [0.4, 0.5) is 11.4 Å². The van der Waals surface area contributed by atoms with Crippen LogP contribution in [0.25, 0.3) is 11.1 Å². The number of carbonyl (C=O) groups is 1. The molecule has 1 amide bonds. The highest BCUT2D eigenvalue weighted by atomic mass is 35.5. The summed E-state index contributed by atoms with van der Waals surface area (Å²) in [7, 11) is 1.55. The van der Waals surface area contributed by atoms with Crippen molar-refractivity contribution in [2.75, 3.05) is 19.0 Å². The number of rotatable bonds is 7. The van der Waals surface area contributed by atoms with Crippen LogP contribution in [0.2, 0.25) is 5.02 Å². The highest BCUT2D eigenvalue weighted by Crippen LogP contribution is 2.34. The fourth-order valence-electron chi connectivity index (χ4n) is 2.65. The van der Waals surface area contributed by atoms with Crippen LogP contribution in [0.1, 0.15) is 0 Å². The van der Waals surface area contributed by atoms with Gasteiger partial charge in [-0.05, 0) is 35.9 Å². The minimum absolute atomic E-state index is 0.0799. The molecule has 7 nitrogen and oxygen atoms in total. The first-order valence-corrected chi connectivity index (χ1v) is 8.96. The lowest BCUT2D eigenvalue weighted by Gasteiger charge is -2.13. The van der Waals surface area contributed by atoms with Gasteiger partial charge >= 0.3 is 0 Å². The van der Waals surface area contributed by atoms with Gasteiger partial charge in [0.05, 0.1) is 22.7 Å². The molecule has 0 saturated carbocycles. The number of hydrogen-bond acceptors (Lipinski definition) is 5. The number of methoxy groups -OCH3 is 1. The maximum Gasteiger partial charge on any atom is 0.270 e. The molecule has 0 aromatic heterocycles. The van der Waals surface area contributed by atoms with Gasteiger partial charge in [0.2, 0.25) is 0 Å². The Morgan fingerprint density at radius 1 is 1.10 bits per heavy atom. The predicted octanol–water partition coefficient (Wildman–Crippen LogP) is 4.94. The number of nitro groups is 1. The Morgan fingerprint density at radius 3 is 2.48 bits per heavy atom. The molecular formula is C21H17ClN2O5. The predicted molar refractivity (Wildman–Crippen MR) is 111 cm³/mol. The number of benzene rings is 3. The number of nitrogens with one attached hydrogen (secondary N) is 1. The lowest BCUT2D eigenvalue weighted by Crippen LogP contribution is -2.20. The number of non-ortho nitro benzene ring substituents is 1. The summed E-state index contributed by atoms with van der Waals surface area (Å²) in [5.74, 6) is 0.591. The summed E-state index contributed by atoms with van der Waals surface area (Å²) in [5, 5.41) is 14.2. The van der Waals surface area contributed by atoms with Crippen LogP contribution in [-0.4, -0.2) is 24.5 Å². The molecule has 0 aliphatic heterocycles. The van der Waals surface area contributed by atoms with Gasteiger partial charge in [0.1, 0.15) is 11.5 Å². The van der Waals surface area contributed by atoms with Crippen molar-refractivity contribution in [1.82, 2.24) is 0 Å². The highest BCUT2D eigenvalue weighted by Gasteiger charge is 2.15. The average Bonchev–Trinajstić information content (AvgIpc) is 2.74. The molecule has 3 aromatic carbocycles. The number of halogens is 1. The molecule has 0 aliphatic carbocycles. The number of hydrogen-bond donors (Lipinski definition) is 1. The normalized spacial score (nSPS) is 10.3. The third-order valence-electron chi connectivity index (χ3n) is 4.08. The molecule has 0 heterocycles. The van der Waals surface area contributed by atoms with E-state index >= 15 is 0 Å². The van der Waals surface area contributed by atoms with E-state index in [1.165, 1.54) is 18.2 Å². The van der Waals surface area contributed by atoms with Crippen molar-refractivity contribution in [3.8, 4) is 22.6 Å². The van der Waals surface area contributed by atoms with E-state index in [-0.39, 0.29) is 12.3 Å². The highest BCUT2D eigenvalue weighted by molar-refractivity contribution is 6.33. The Morgan fingerprint density at radius 2 is 1.83 bits per heavy atom. The summed E-state index contributed by atoms with van der Waals surface area (Å²) in [4.78, 5) is 22.9. The van der Waals surface area contributed by atoms with Crippen molar-refractivity contribution in [2.45, 2.75) is 0 Å². The molecule has 0 atom stereocenters. The molecule has 3 aromatic rings. The zero-order valence-electron chi connectivity index (χ0n) is 15.4. The molecule has 3 rings (SSSR count). The lowest BCUT2D eigenvalue weighted by atomic mass is 10.0. The fraction of sp³-hybridized carbons (Fsp3) is 0.0952. The van der Waals surface area contributed by atoms with E-state index in [2.05, 4.69) is 5.32 Å². The molecule has 0 bridgehead atoms. The largest absolute Gasteiger partial charge is 0.497 e. The first kappa shape index (κ1) is 20.2. The van der Waals surface area contributed by atoms with Gasteiger partial charge in [-0.15, -0.1) is 0 Å². The second-order valence-electron chi connectivity index (χ2n) is 5.98. The summed E-state index contributed by atoms with van der Waals surface area (Å²) < 4.78 is 10.8. The summed E-state index contributed by atoms with van der Waals surface area (Å²) in [5.41, 5.74) is 1.58. The molecule has 0 saturated heterocycles. The van der Waals surface area contributed by atoms with Gasteiger partial charge < -0.3 is 14.8 Å². The van der Waals surface area contributed by atoms with Gasteiger partial charge in [-0.25, -0.2) is 0 Å². The maximum atomic E-state index is 12.2. The van der Waals surface area contributed by atoms with Gasteiger partial charge in [-0.3, -0.25) is 14.9 Å². The minimum atomic E-state index is -0.485. The number of para-hydroxylation sites is 1. The van der Waals surface area contributed by atoms with Crippen LogP contribution in [0.3, 0.4) is 0 Å². The Hall–Kier alpha value is -3.58.